The fourth-order valence-corrected chi connectivity index (χ4v) is 5.42. The molecule has 2 atom stereocenters. The monoisotopic (exact) mass is 531 g/mol. The second kappa shape index (κ2) is 13.4. The topological polar surface area (TPSA) is 61.9 Å². The third-order valence-electron chi connectivity index (χ3n) is 7.25. The van der Waals surface area contributed by atoms with Gasteiger partial charge in [0, 0.05) is 25.2 Å². The summed E-state index contributed by atoms with van der Waals surface area (Å²) in [7, 11) is 1.60. The van der Waals surface area contributed by atoms with Gasteiger partial charge in [0.05, 0.1) is 19.1 Å². The molecule has 0 spiro atoms. The first-order valence-electron chi connectivity index (χ1n) is 13.7. The summed E-state index contributed by atoms with van der Waals surface area (Å²) < 4.78 is 19.0. The number of halogens is 1. The van der Waals surface area contributed by atoms with E-state index in [9.17, 15) is 14.0 Å². The van der Waals surface area contributed by atoms with Crippen molar-refractivity contribution in [3.05, 3.63) is 101 Å². The Labute approximate surface area is 230 Å². The Morgan fingerprint density at radius 1 is 0.949 bits per heavy atom. The van der Waals surface area contributed by atoms with Crippen molar-refractivity contribution in [2.45, 2.75) is 45.2 Å². The Hall–Kier alpha value is -3.71. The summed E-state index contributed by atoms with van der Waals surface area (Å²) >= 11 is 0. The predicted molar refractivity (Wildman–Crippen MR) is 151 cm³/mol. The number of ether oxygens (including phenoxy) is 1. The Morgan fingerprint density at radius 2 is 1.62 bits per heavy atom. The van der Waals surface area contributed by atoms with Gasteiger partial charge in [-0.1, -0.05) is 56.3 Å². The summed E-state index contributed by atoms with van der Waals surface area (Å²) in [6, 6.07) is 20.5. The van der Waals surface area contributed by atoms with Gasteiger partial charge in [0.15, 0.2) is 0 Å². The fourth-order valence-electron chi connectivity index (χ4n) is 5.42. The first kappa shape index (κ1) is 28.3. The number of fused-ring (bicyclic) bond motifs is 1. The molecule has 0 fully saturated rings. The molecule has 3 aromatic rings. The van der Waals surface area contributed by atoms with E-state index < -0.39 is 12.0 Å². The molecule has 1 N–H and O–H groups in total. The van der Waals surface area contributed by atoms with Crippen LogP contribution in [0.1, 0.15) is 65.7 Å². The van der Waals surface area contributed by atoms with Crippen molar-refractivity contribution < 1.29 is 18.7 Å². The molecule has 39 heavy (non-hydrogen) atoms. The number of carbonyl (C=O) groups excluding carboxylic acids is 2. The minimum atomic E-state index is -0.612. The highest BCUT2D eigenvalue weighted by molar-refractivity contribution is 6.01. The number of nitrogens with one attached hydrogen (secondary N) is 1. The van der Waals surface area contributed by atoms with E-state index in [-0.39, 0.29) is 24.2 Å². The van der Waals surface area contributed by atoms with Crippen LogP contribution in [0.5, 0.6) is 5.75 Å². The zero-order valence-electron chi connectivity index (χ0n) is 23.0. The first-order chi connectivity index (χ1) is 19.0. The average Bonchev–Trinajstić information content (AvgIpc) is 2.95. The van der Waals surface area contributed by atoms with Crippen molar-refractivity contribution in [3.63, 3.8) is 0 Å². The molecule has 206 valence electrons. The molecule has 0 radical (unpaired) electrons. The fraction of sp³-hybridized carbons (Fsp3) is 0.375. The first-order valence-corrected chi connectivity index (χ1v) is 13.7. The number of carbonyl (C=O) groups is 2. The molecule has 1 aliphatic heterocycles. The zero-order valence-corrected chi connectivity index (χ0v) is 23.0. The molecule has 0 aromatic heterocycles. The number of methoxy groups -OCH3 is 1. The lowest BCUT2D eigenvalue weighted by Crippen LogP contribution is -2.48. The third kappa shape index (κ3) is 6.66. The van der Waals surface area contributed by atoms with E-state index in [1.165, 1.54) is 12.1 Å². The van der Waals surface area contributed by atoms with E-state index in [1.807, 2.05) is 42.5 Å². The van der Waals surface area contributed by atoms with Crippen LogP contribution in [0.25, 0.3) is 0 Å². The van der Waals surface area contributed by atoms with Crippen LogP contribution in [0.2, 0.25) is 0 Å². The minimum absolute atomic E-state index is 0.118. The van der Waals surface area contributed by atoms with Crippen LogP contribution < -0.4 is 10.1 Å². The van der Waals surface area contributed by atoms with E-state index in [0.29, 0.717) is 17.9 Å². The molecule has 2 amide bonds. The summed E-state index contributed by atoms with van der Waals surface area (Å²) in [4.78, 5) is 32.0. The quantitative estimate of drug-likeness (QED) is 0.333. The molecule has 7 heteroatoms. The van der Waals surface area contributed by atoms with E-state index in [0.717, 1.165) is 49.2 Å². The molecule has 0 unspecified atom stereocenters. The van der Waals surface area contributed by atoms with Crippen LogP contribution in [0.3, 0.4) is 0 Å². The Morgan fingerprint density at radius 3 is 2.26 bits per heavy atom. The zero-order chi connectivity index (χ0) is 27.8. The second-order valence-corrected chi connectivity index (χ2v) is 9.98. The van der Waals surface area contributed by atoms with E-state index in [2.05, 4.69) is 24.1 Å². The number of benzene rings is 3. The van der Waals surface area contributed by atoms with Crippen LogP contribution in [0, 0.1) is 5.82 Å². The van der Waals surface area contributed by atoms with Gasteiger partial charge in [-0.05, 0) is 73.0 Å². The highest BCUT2D eigenvalue weighted by Crippen LogP contribution is 2.44. The number of hydrogen-bond acceptors (Lipinski definition) is 4. The van der Waals surface area contributed by atoms with Crippen LogP contribution in [0.4, 0.5) is 4.39 Å². The number of nitrogens with zero attached hydrogens (tertiary/aromatic N) is 2. The van der Waals surface area contributed by atoms with E-state index in [1.54, 1.807) is 30.2 Å². The number of rotatable bonds is 12. The maximum Gasteiger partial charge on any atom is 0.255 e. The number of hydrogen-bond donors (Lipinski definition) is 1. The summed E-state index contributed by atoms with van der Waals surface area (Å²) in [5, 5.41) is 3.18. The molecule has 1 heterocycles. The van der Waals surface area contributed by atoms with Gasteiger partial charge in [-0.2, -0.15) is 0 Å². The van der Waals surface area contributed by atoms with Crippen LogP contribution in [0.15, 0.2) is 72.8 Å². The Bertz CT molecular complexity index is 1240. The summed E-state index contributed by atoms with van der Waals surface area (Å²) in [6.07, 6.45) is 2.12. The van der Waals surface area contributed by atoms with E-state index in [4.69, 9.17) is 4.74 Å². The predicted octanol–water partition coefficient (Wildman–Crippen LogP) is 5.55. The largest absolute Gasteiger partial charge is 0.497 e. The van der Waals surface area contributed by atoms with Gasteiger partial charge in [-0.25, -0.2) is 4.39 Å². The molecule has 0 saturated heterocycles. The summed E-state index contributed by atoms with van der Waals surface area (Å²) in [6.45, 7) is 7.84. The molecule has 1 aliphatic rings. The van der Waals surface area contributed by atoms with Crippen LogP contribution in [-0.4, -0.2) is 54.9 Å². The van der Waals surface area contributed by atoms with Gasteiger partial charge in [0.2, 0.25) is 5.91 Å². The molecule has 3 aromatic carbocycles. The van der Waals surface area contributed by atoms with Gasteiger partial charge in [0.1, 0.15) is 11.6 Å². The molecule has 4 rings (SSSR count). The molecular weight excluding hydrogens is 493 g/mol. The van der Waals surface area contributed by atoms with Crippen molar-refractivity contribution in [3.8, 4) is 5.75 Å². The molecule has 0 saturated carbocycles. The Kier molecular flexibility index (Phi) is 9.71. The maximum absolute atomic E-state index is 14.0. The lowest BCUT2D eigenvalue weighted by Gasteiger charge is -2.42. The standard InChI is InChI=1S/C32H38FN3O3/c1-4-19-35(20-5-2)21-18-34-31(37)29-27-8-6-7-9-28(27)32(38)36(22-23-10-14-25(33)15-11-23)30(29)24-12-16-26(39-3)17-13-24/h6-17,29-30H,4-5,18-22H2,1-3H3,(H,34,37)/t29-,30-/m0/s1. The minimum Gasteiger partial charge on any atom is -0.497 e. The third-order valence-corrected chi connectivity index (χ3v) is 7.25. The van der Waals surface area contributed by atoms with Crippen LogP contribution in [-0.2, 0) is 11.3 Å². The van der Waals surface area contributed by atoms with Gasteiger partial charge in [0.25, 0.3) is 5.91 Å². The highest BCUT2D eigenvalue weighted by Gasteiger charge is 2.44. The van der Waals surface area contributed by atoms with Crippen molar-refractivity contribution >= 4 is 11.8 Å². The van der Waals surface area contributed by atoms with Gasteiger partial charge >= 0.3 is 0 Å². The highest BCUT2D eigenvalue weighted by atomic mass is 19.1. The average molecular weight is 532 g/mol. The second-order valence-electron chi connectivity index (χ2n) is 9.98. The molecule has 0 aliphatic carbocycles. The molecule has 0 bridgehead atoms. The summed E-state index contributed by atoms with van der Waals surface area (Å²) in [5.74, 6) is -0.527. The summed E-state index contributed by atoms with van der Waals surface area (Å²) in [5.41, 5.74) is 2.86. The van der Waals surface area contributed by atoms with Crippen molar-refractivity contribution in [1.29, 1.82) is 0 Å². The van der Waals surface area contributed by atoms with Gasteiger partial charge in [-0.15, -0.1) is 0 Å². The molecular formula is C32H38FN3O3. The van der Waals surface area contributed by atoms with Crippen molar-refractivity contribution in [1.82, 2.24) is 15.1 Å². The lowest BCUT2D eigenvalue weighted by atomic mass is 9.79. The maximum atomic E-state index is 14.0. The smallest absolute Gasteiger partial charge is 0.255 e. The van der Waals surface area contributed by atoms with E-state index >= 15 is 0 Å². The van der Waals surface area contributed by atoms with Crippen molar-refractivity contribution in [2.24, 2.45) is 0 Å². The van der Waals surface area contributed by atoms with Gasteiger partial charge in [-0.3, -0.25) is 9.59 Å². The lowest BCUT2D eigenvalue weighted by molar-refractivity contribution is -0.124. The normalized spacial score (nSPS) is 16.7. The van der Waals surface area contributed by atoms with Crippen LogP contribution >= 0.6 is 0 Å². The Balaban J connectivity index is 1.71. The van der Waals surface area contributed by atoms with Gasteiger partial charge < -0.3 is 19.9 Å². The SMILES string of the molecule is CCCN(CCC)CCNC(=O)[C@H]1c2ccccc2C(=O)N(Cc2ccc(F)cc2)[C@H]1c1ccc(OC)cc1. The van der Waals surface area contributed by atoms with Crippen molar-refractivity contribution in [2.75, 3.05) is 33.3 Å². The molecule has 6 nitrogen and oxygen atoms in total. The number of amides is 2.